The minimum absolute atomic E-state index is 0.0766. The highest BCUT2D eigenvalue weighted by atomic mass is 16.6. The van der Waals surface area contributed by atoms with Crippen LogP contribution in [0.3, 0.4) is 0 Å². The van der Waals surface area contributed by atoms with Crippen LogP contribution < -0.4 is 4.90 Å². The maximum Gasteiger partial charge on any atom is 0.270 e. The second-order valence-electron chi connectivity index (χ2n) is 6.58. The van der Waals surface area contributed by atoms with E-state index in [2.05, 4.69) is 17.1 Å². The van der Waals surface area contributed by atoms with Crippen molar-refractivity contribution >= 4 is 23.4 Å². The standard InChI is InChI=1S/C20H19N3O3/c24-19-10-4-11-21(19)14-22-12-3-7-15-5-2-9-18(20(15)22)16-6-1-8-17(13-16)23(25)26/h1-3,5-9,13H,4,10-12,14H2. The molecule has 2 aromatic carbocycles. The third kappa shape index (κ3) is 2.94. The molecule has 1 fully saturated rings. The van der Waals surface area contributed by atoms with Gasteiger partial charge in [-0.2, -0.15) is 0 Å². The van der Waals surface area contributed by atoms with Crippen LogP contribution in [0.4, 0.5) is 11.4 Å². The molecule has 2 aliphatic rings. The van der Waals surface area contributed by atoms with Crippen molar-refractivity contribution < 1.29 is 9.72 Å². The van der Waals surface area contributed by atoms with E-state index in [1.165, 1.54) is 6.07 Å². The number of para-hydroxylation sites is 1. The van der Waals surface area contributed by atoms with Crippen molar-refractivity contribution in [1.29, 1.82) is 0 Å². The number of hydrogen-bond donors (Lipinski definition) is 0. The van der Waals surface area contributed by atoms with E-state index < -0.39 is 0 Å². The van der Waals surface area contributed by atoms with Crippen LogP contribution in [0.5, 0.6) is 0 Å². The summed E-state index contributed by atoms with van der Waals surface area (Å²) in [7, 11) is 0. The molecule has 6 nitrogen and oxygen atoms in total. The average molecular weight is 349 g/mol. The van der Waals surface area contributed by atoms with Gasteiger partial charge in [0.15, 0.2) is 0 Å². The average Bonchev–Trinajstić information content (AvgIpc) is 3.06. The Morgan fingerprint density at radius 1 is 1.12 bits per heavy atom. The number of non-ortho nitro benzene ring substituents is 1. The second-order valence-corrected chi connectivity index (χ2v) is 6.58. The number of amides is 1. The lowest BCUT2D eigenvalue weighted by molar-refractivity contribution is -0.384. The summed E-state index contributed by atoms with van der Waals surface area (Å²) in [6.07, 6.45) is 5.67. The molecular formula is C20H19N3O3. The molecule has 132 valence electrons. The zero-order chi connectivity index (χ0) is 18.1. The Hall–Kier alpha value is -3.15. The van der Waals surface area contributed by atoms with Gasteiger partial charge < -0.3 is 9.80 Å². The molecule has 26 heavy (non-hydrogen) atoms. The summed E-state index contributed by atoms with van der Waals surface area (Å²) in [5.41, 5.74) is 3.92. The second kappa shape index (κ2) is 6.63. The van der Waals surface area contributed by atoms with Gasteiger partial charge in [0.1, 0.15) is 0 Å². The van der Waals surface area contributed by atoms with Crippen LogP contribution in [-0.4, -0.2) is 35.5 Å². The summed E-state index contributed by atoms with van der Waals surface area (Å²) in [4.78, 5) is 26.9. The van der Waals surface area contributed by atoms with Crippen molar-refractivity contribution in [2.24, 2.45) is 0 Å². The summed E-state index contributed by atoms with van der Waals surface area (Å²) >= 11 is 0. The largest absolute Gasteiger partial charge is 0.349 e. The topological polar surface area (TPSA) is 66.7 Å². The number of anilines is 1. The van der Waals surface area contributed by atoms with E-state index in [4.69, 9.17) is 0 Å². The normalized spacial score (nSPS) is 16.1. The summed E-state index contributed by atoms with van der Waals surface area (Å²) in [6.45, 7) is 2.04. The molecule has 2 aliphatic heterocycles. The van der Waals surface area contributed by atoms with Gasteiger partial charge in [-0.1, -0.05) is 42.5 Å². The van der Waals surface area contributed by atoms with Gasteiger partial charge in [0.25, 0.3) is 5.69 Å². The highest BCUT2D eigenvalue weighted by molar-refractivity contribution is 5.88. The Morgan fingerprint density at radius 3 is 2.73 bits per heavy atom. The van der Waals surface area contributed by atoms with E-state index in [1.807, 2.05) is 29.2 Å². The zero-order valence-corrected chi connectivity index (χ0v) is 14.3. The fourth-order valence-corrected chi connectivity index (χ4v) is 3.65. The van der Waals surface area contributed by atoms with Crippen LogP contribution in [-0.2, 0) is 4.79 Å². The van der Waals surface area contributed by atoms with Gasteiger partial charge in [0.2, 0.25) is 5.91 Å². The van der Waals surface area contributed by atoms with Crippen LogP contribution in [0.2, 0.25) is 0 Å². The van der Waals surface area contributed by atoms with Crippen molar-refractivity contribution in [3.8, 4) is 11.1 Å². The predicted molar refractivity (Wildman–Crippen MR) is 101 cm³/mol. The Kier molecular flexibility index (Phi) is 4.16. The number of carbonyl (C=O) groups is 1. The Bertz CT molecular complexity index is 907. The minimum atomic E-state index is -0.376. The van der Waals surface area contributed by atoms with E-state index in [-0.39, 0.29) is 16.5 Å². The summed E-state index contributed by atoms with van der Waals surface area (Å²) in [5, 5.41) is 11.1. The zero-order valence-electron chi connectivity index (χ0n) is 14.3. The SMILES string of the molecule is O=C1CCCN1CN1CC=Cc2cccc(-c3cccc([N+](=O)[O-])c3)c21. The smallest absolute Gasteiger partial charge is 0.270 e. The van der Waals surface area contributed by atoms with Gasteiger partial charge in [0, 0.05) is 37.2 Å². The first-order valence-corrected chi connectivity index (χ1v) is 8.70. The highest BCUT2D eigenvalue weighted by Gasteiger charge is 2.25. The first-order chi connectivity index (χ1) is 12.6. The predicted octanol–water partition coefficient (Wildman–Crippen LogP) is 3.67. The van der Waals surface area contributed by atoms with Gasteiger partial charge in [-0.3, -0.25) is 14.9 Å². The molecule has 6 heteroatoms. The first kappa shape index (κ1) is 16.3. The van der Waals surface area contributed by atoms with Crippen LogP contribution >= 0.6 is 0 Å². The third-order valence-electron chi connectivity index (χ3n) is 4.89. The van der Waals surface area contributed by atoms with Gasteiger partial charge in [-0.15, -0.1) is 0 Å². The van der Waals surface area contributed by atoms with Crippen LogP contribution in [0.1, 0.15) is 18.4 Å². The van der Waals surface area contributed by atoms with Crippen molar-refractivity contribution in [1.82, 2.24) is 4.90 Å². The first-order valence-electron chi connectivity index (χ1n) is 8.70. The molecule has 0 aliphatic carbocycles. The summed E-state index contributed by atoms with van der Waals surface area (Å²) < 4.78 is 0. The molecule has 0 unspecified atom stereocenters. The molecule has 0 bridgehead atoms. The number of rotatable bonds is 4. The summed E-state index contributed by atoms with van der Waals surface area (Å²) in [6, 6.07) is 12.7. The Morgan fingerprint density at radius 2 is 1.96 bits per heavy atom. The number of nitrogens with zero attached hydrogens (tertiary/aromatic N) is 3. The minimum Gasteiger partial charge on any atom is -0.349 e. The monoisotopic (exact) mass is 349 g/mol. The lowest BCUT2D eigenvalue weighted by atomic mass is 9.97. The van der Waals surface area contributed by atoms with Crippen molar-refractivity contribution in [3.05, 3.63) is 64.2 Å². The molecule has 2 aromatic rings. The lowest BCUT2D eigenvalue weighted by Gasteiger charge is -2.33. The number of nitro benzene ring substituents is 1. The molecule has 0 spiro atoms. The van der Waals surface area contributed by atoms with E-state index in [1.54, 1.807) is 12.1 Å². The van der Waals surface area contributed by atoms with Crippen molar-refractivity contribution in [2.45, 2.75) is 12.8 Å². The fourth-order valence-electron chi connectivity index (χ4n) is 3.65. The van der Waals surface area contributed by atoms with Crippen LogP contribution in [0.15, 0.2) is 48.5 Å². The van der Waals surface area contributed by atoms with E-state index in [0.717, 1.165) is 35.3 Å². The maximum atomic E-state index is 12.0. The molecule has 0 saturated carbocycles. The number of likely N-dealkylation sites (tertiary alicyclic amines) is 1. The molecule has 0 atom stereocenters. The fraction of sp³-hybridized carbons (Fsp3) is 0.250. The van der Waals surface area contributed by atoms with Crippen molar-refractivity contribution in [2.75, 3.05) is 24.7 Å². The van der Waals surface area contributed by atoms with E-state index in [0.29, 0.717) is 19.6 Å². The van der Waals surface area contributed by atoms with Gasteiger partial charge in [-0.25, -0.2) is 0 Å². The van der Waals surface area contributed by atoms with Gasteiger partial charge in [-0.05, 0) is 17.5 Å². The van der Waals surface area contributed by atoms with Gasteiger partial charge >= 0.3 is 0 Å². The number of nitro groups is 1. The Balaban J connectivity index is 1.76. The van der Waals surface area contributed by atoms with Crippen molar-refractivity contribution in [3.63, 3.8) is 0 Å². The molecule has 1 saturated heterocycles. The van der Waals surface area contributed by atoms with E-state index in [9.17, 15) is 14.9 Å². The molecule has 0 N–H and O–H groups in total. The van der Waals surface area contributed by atoms with Crippen LogP contribution in [0, 0.1) is 10.1 Å². The van der Waals surface area contributed by atoms with Gasteiger partial charge in [0.05, 0.1) is 17.3 Å². The Labute approximate surface area is 151 Å². The number of carbonyl (C=O) groups excluding carboxylic acids is 1. The number of fused-ring (bicyclic) bond motifs is 1. The molecular weight excluding hydrogens is 330 g/mol. The highest BCUT2D eigenvalue weighted by Crippen LogP contribution is 2.38. The molecule has 0 radical (unpaired) electrons. The maximum absolute atomic E-state index is 12.0. The molecule has 2 heterocycles. The third-order valence-corrected chi connectivity index (χ3v) is 4.89. The lowest BCUT2D eigenvalue weighted by Crippen LogP contribution is -2.40. The molecule has 0 aromatic heterocycles. The quantitative estimate of drug-likeness (QED) is 0.624. The summed E-state index contributed by atoms with van der Waals surface area (Å²) in [5.74, 6) is 0.189. The molecule has 4 rings (SSSR count). The number of hydrogen-bond acceptors (Lipinski definition) is 4. The van der Waals surface area contributed by atoms with Crippen LogP contribution in [0.25, 0.3) is 17.2 Å². The van der Waals surface area contributed by atoms with E-state index >= 15 is 0 Å². The molecule has 1 amide bonds. The number of benzene rings is 2.